The lowest BCUT2D eigenvalue weighted by molar-refractivity contribution is 1.32. The minimum atomic E-state index is 1.14. The highest BCUT2D eigenvalue weighted by atomic mass is 32.1. The van der Waals surface area contributed by atoms with E-state index in [1.807, 2.05) is 22.7 Å². The largest absolute Gasteiger partial charge is 0.308 e. The van der Waals surface area contributed by atoms with Gasteiger partial charge in [0.15, 0.2) is 0 Å². The SMILES string of the molecule is c1ccc(-c2ccc(N(c3ccc(-c4cccc5ccccc45)cc3)c3cccc4c3sc3ccccc34)c3c2sc2ccccc23)cc1. The van der Waals surface area contributed by atoms with Crippen LogP contribution >= 0.6 is 22.7 Å². The van der Waals surface area contributed by atoms with Crippen molar-refractivity contribution in [3.8, 4) is 22.3 Å². The van der Waals surface area contributed by atoms with E-state index in [0.717, 1.165) is 5.69 Å². The molecule has 0 bridgehead atoms. The molecular formula is C46H29NS2. The fourth-order valence-electron chi connectivity index (χ4n) is 7.43. The Bertz CT molecular complexity index is 2820. The van der Waals surface area contributed by atoms with Crippen molar-refractivity contribution in [2.24, 2.45) is 0 Å². The van der Waals surface area contributed by atoms with Crippen LogP contribution in [-0.2, 0) is 0 Å². The van der Waals surface area contributed by atoms with Gasteiger partial charge in [0.05, 0.1) is 16.1 Å². The average molecular weight is 660 g/mol. The molecule has 10 rings (SSSR count). The van der Waals surface area contributed by atoms with Gasteiger partial charge in [-0.15, -0.1) is 22.7 Å². The normalized spacial score (nSPS) is 11.7. The van der Waals surface area contributed by atoms with Gasteiger partial charge in [0.25, 0.3) is 0 Å². The molecule has 0 aliphatic rings. The fraction of sp³-hybridized carbons (Fsp3) is 0. The molecule has 0 saturated heterocycles. The van der Waals surface area contributed by atoms with Crippen LogP contribution in [0.2, 0.25) is 0 Å². The van der Waals surface area contributed by atoms with Crippen LogP contribution in [0.15, 0.2) is 176 Å². The van der Waals surface area contributed by atoms with Gasteiger partial charge < -0.3 is 4.90 Å². The van der Waals surface area contributed by atoms with Gasteiger partial charge in [-0.05, 0) is 69.4 Å². The third kappa shape index (κ3) is 4.58. The van der Waals surface area contributed by atoms with Crippen LogP contribution in [0, 0.1) is 0 Å². The number of hydrogen-bond acceptors (Lipinski definition) is 3. The lowest BCUT2D eigenvalue weighted by Gasteiger charge is -2.28. The van der Waals surface area contributed by atoms with Gasteiger partial charge >= 0.3 is 0 Å². The zero-order valence-electron chi connectivity index (χ0n) is 26.5. The molecule has 0 atom stereocenters. The minimum absolute atomic E-state index is 1.14. The minimum Gasteiger partial charge on any atom is -0.308 e. The molecule has 0 radical (unpaired) electrons. The molecule has 2 heterocycles. The van der Waals surface area contributed by atoms with E-state index >= 15 is 0 Å². The predicted octanol–water partition coefficient (Wildman–Crippen LogP) is 14.4. The molecule has 0 aliphatic carbocycles. The summed E-state index contributed by atoms with van der Waals surface area (Å²) < 4.78 is 5.21. The van der Waals surface area contributed by atoms with Gasteiger partial charge in [-0.25, -0.2) is 0 Å². The first kappa shape index (κ1) is 28.3. The zero-order valence-corrected chi connectivity index (χ0v) is 28.1. The Hall–Kier alpha value is -5.74. The van der Waals surface area contributed by atoms with Crippen LogP contribution in [0.5, 0.6) is 0 Å². The van der Waals surface area contributed by atoms with Crippen molar-refractivity contribution < 1.29 is 0 Å². The molecule has 0 fully saturated rings. The monoisotopic (exact) mass is 659 g/mol. The maximum absolute atomic E-state index is 2.50. The molecule has 3 heteroatoms. The van der Waals surface area contributed by atoms with Crippen molar-refractivity contribution in [2.75, 3.05) is 4.90 Å². The maximum atomic E-state index is 2.50. The van der Waals surface area contributed by atoms with E-state index in [1.165, 1.54) is 84.7 Å². The number of fused-ring (bicyclic) bond motifs is 7. The quantitative estimate of drug-likeness (QED) is 0.178. The Morgan fingerprint density at radius 2 is 0.959 bits per heavy atom. The second-order valence-corrected chi connectivity index (χ2v) is 14.6. The summed E-state index contributed by atoms with van der Waals surface area (Å²) in [6.45, 7) is 0. The number of rotatable bonds is 5. The Balaban J connectivity index is 1.25. The Morgan fingerprint density at radius 3 is 1.80 bits per heavy atom. The molecule has 0 aliphatic heterocycles. The van der Waals surface area contributed by atoms with Gasteiger partial charge in [-0.1, -0.05) is 140 Å². The van der Waals surface area contributed by atoms with Crippen LogP contribution in [0.25, 0.3) is 73.4 Å². The molecule has 8 aromatic carbocycles. The molecule has 2 aromatic heterocycles. The van der Waals surface area contributed by atoms with Crippen LogP contribution in [0.1, 0.15) is 0 Å². The van der Waals surface area contributed by atoms with Crippen molar-refractivity contribution in [3.63, 3.8) is 0 Å². The number of hydrogen-bond donors (Lipinski definition) is 0. The maximum Gasteiger partial charge on any atom is 0.0640 e. The molecular weight excluding hydrogens is 631 g/mol. The molecule has 10 aromatic rings. The first-order valence-corrected chi connectivity index (χ1v) is 18.2. The van der Waals surface area contributed by atoms with E-state index in [1.54, 1.807) is 0 Å². The predicted molar refractivity (Wildman–Crippen MR) is 215 cm³/mol. The second kappa shape index (κ2) is 11.5. The molecule has 0 saturated carbocycles. The molecule has 0 amide bonds. The summed E-state index contributed by atoms with van der Waals surface area (Å²) in [5.41, 5.74) is 8.50. The van der Waals surface area contributed by atoms with Gasteiger partial charge in [-0.2, -0.15) is 0 Å². The third-order valence-corrected chi connectivity index (χ3v) is 12.1. The van der Waals surface area contributed by atoms with Crippen molar-refractivity contribution in [1.82, 2.24) is 0 Å². The highest BCUT2D eigenvalue weighted by molar-refractivity contribution is 7.27. The molecule has 0 unspecified atom stereocenters. The Labute approximate surface area is 292 Å². The summed E-state index contributed by atoms with van der Waals surface area (Å²) in [7, 11) is 0. The molecule has 1 nitrogen and oxygen atoms in total. The van der Waals surface area contributed by atoms with E-state index in [2.05, 4.69) is 181 Å². The van der Waals surface area contributed by atoms with Crippen LogP contribution in [0.3, 0.4) is 0 Å². The zero-order chi connectivity index (χ0) is 32.3. The summed E-state index contributed by atoms with van der Waals surface area (Å²) in [5.74, 6) is 0. The van der Waals surface area contributed by atoms with E-state index in [-0.39, 0.29) is 0 Å². The van der Waals surface area contributed by atoms with Gasteiger partial charge in [0.2, 0.25) is 0 Å². The summed E-state index contributed by atoms with van der Waals surface area (Å²) >= 11 is 3.77. The number of thiophene rings is 2. The van der Waals surface area contributed by atoms with E-state index < -0.39 is 0 Å². The summed E-state index contributed by atoms with van der Waals surface area (Å²) in [5, 5.41) is 7.71. The first-order chi connectivity index (χ1) is 24.3. The molecule has 49 heavy (non-hydrogen) atoms. The standard InChI is InChI=1S/C46H29NS2/c1-2-12-31(13-3-1)36-28-29-40(44-39-18-7-9-23-43(39)49-46(36)44)47(41-21-11-20-38-37-17-6-8-22-42(37)48-45(38)41)33-26-24-32(25-27-33)35-19-10-15-30-14-4-5-16-34(30)35/h1-29H. The highest BCUT2D eigenvalue weighted by Crippen LogP contribution is 2.51. The lowest BCUT2D eigenvalue weighted by atomic mass is 9.97. The van der Waals surface area contributed by atoms with Crippen molar-refractivity contribution >= 4 is 90.9 Å². The number of nitrogens with zero attached hydrogens (tertiary/aromatic N) is 1. The van der Waals surface area contributed by atoms with E-state index in [9.17, 15) is 0 Å². The number of benzene rings is 8. The highest BCUT2D eigenvalue weighted by Gasteiger charge is 2.23. The van der Waals surface area contributed by atoms with Gasteiger partial charge in [0.1, 0.15) is 0 Å². The molecule has 0 N–H and O–H groups in total. The van der Waals surface area contributed by atoms with Crippen LogP contribution < -0.4 is 4.90 Å². The summed E-state index contributed by atoms with van der Waals surface area (Å²) in [4.78, 5) is 2.50. The fourth-order valence-corrected chi connectivity index (χ4v) is 9.89. The van der Waals surface area contributed by atoms with Crippen molar-refractivity contribution in [1.29, 1.82) is 0 Å². The van der Waals surface area contributed by atoms with Crippen LogP contribution in [0.4, 0.5) is 17.1 Å². The van der Waals surface area contributed by atoms with Gasteiger partial charge in [0, 0.05) is 41.3 Å². The van der Waals surface area contributed by atoms with E-state index in [0.29, 0.717) is 0 Å². The van der Waals surface area contributed by atoms with Gasteiger partial charge in [-0.3, -0.25) is 0 Å². The van der Waals surface area contributed by atoms with Crippen molar-refractivity contribution in [2.45, 2.75) is 0 Å². The molecule has 230 valence electrons. The van der Waals surface area contributed by atoms with E-state index in [4.69, 9.17) is 0 Å². The van der Waals surface area contributed by atoms with Crippen LogP contribution in [-0.4, -0.2) is 0 Å². The topological polar surface area (TPSA) is 3.24 Å². The third-order valence-electron chi connectivity index (χ3n) is 9.68. The van der Waals surface area contributed by atoms with Crippen molar-refractivity contribution in [3.05, 3.63) is 176 Å². The first-order valence-electron chi connectivity index (χ1n) is 16.6. The average Bonchev–Trinajstić information content (AvgIpc) is 3.75. The summed E-state index contributed by atoms with van der Waals surface area (Å²) in [6, 6.07) is 64.3. The lowest BCUT2D eigenvalue weighted by Crippen LogP contribution is -2.10. The number of anilines is 3. The Morgan fingerprint density at radius 1 is 0.347 bits per heavy atom. The Kier molecular flexibility index (Phi) is 6.61. The smallest absolute Gasteiger partial charge is 0.0640 e. The summed E-state index contributed by atoms with van der Waals surface area (Å²) in [6.07, 6.45) is 0. The second-order valence-electron chi connectivity index (χ2n) is 12.5. The molecule has 0 spiro atoms.